The van der Waals surface area contributed by atoms with Crippen molar-refractivity contribution in [3.05, 3.63) is 0 Å². The van der Waals surface area contributed by atoms with E-state index in [1.54, 1.807) is 0 Å². The Kier molecular flexibility index (Phi) is 26.3. The Morgan fingerprint density at radius 3 is 0.556 bits per heavy atom. The fourth-order valence-corrected chi connectivity index (χ4v) is 0. The van der Waals surface area contributed by atoms with Crippen LogP contribution in [0.25, 0.3) is 0 Å². The van der Waals surface area contributed by atoms with Crippen LogP contribution < -0.4 is 0 Å². The van der Waals surface area contributed by atoms with E-state index in [0.29, 0.717) is 0 Å². The number of rotatable bonds is 0. The molecule has 0 aliphatic carbocycles. The van der Waals surface area contributed by atoms with Gasteiger partial charge in [0.05, 0.1) is 0 Å². The molecule has 0 amide bonds. The molecule has 66 valence electrons. The maximum absolute atomic E-state index is 4.89. The summed E-state index contributed by atoms with van der Waals surface area (Å²) in [5.74, 6) is 0. The second-order valence-corrected chi connectivity index (χ2v) is 11.2. The Bertz CT molecular complexity index is 26.5. The van der Waals surface area contributed by atoms with Crippen LogP contribution in [0.5, 0.6) is 0 Å². The van der Waals surface area contributed by atoms with Crippen molar-refractivity contribution in [2.75, 3.05) is 0 Å². The fraction of sp³-hybridized carbons (Fsp3) is 0. The summed E-state index contributed by atoms with van der Waals surface area (Å²) in [6, 6.07) is 0. The summed E-state index contributed by atoms with van der Waals surface area (Å²) in [4.78, 5) is 0. The molecule has 0 fully saturated rings. The van der Waals surface area contributed by atoms with Crippen LogP contribution in [0.1, 0.15) is 0 Å². The molecule has 0 heterocycles. The molecule has 0 spiro atoms. The Morgan fingerprint density at radius 1 is 0.556 bits per heavy atom. The van der Waals surface area contributed by atoms with Crippen molar-refractivity contribution in [1.29, 1.82) is 0 Å². The predicted octanol–water partition coefficient (Wildman–Crippen LogP) is 3.31. The first-order valence-corrected chi connectivity index (χ1v) is 9.92. The van der Waals surface area contributed by atoms with Gasteiger partial charge in [-0.15, -0.1) is 0 Å². The van der Waals surface area contributed by atoms with Gasteiger partial charge in [0, 0.05) is 0 Å². The first-order chi connectivity index (χ1) is 3.46. The van der Waals surface area contributed by atoms with Crippen LogP contribution in [-0.4, -0.2) is 5.48 Å². The summed E-state index contributed by atoms with van der Waals surface area (Å²) in [5, 5.41) is 0. The van der Waals surface area contributed by atoms with Crippen molar-refractivity contribution >= 4 is 60.6 Å². The molecule has 0 saturated carbocycles. The van der Waals surface area contributed by atoms with Crippen LogP contribution in [0.15, 0.2) is 0 Å². The SMILES string of the molecule is O.[Cl][Fe]([Cl])[Cl].[Cl][Fe]([Cl])[Cl]. The molecule has 0 aromatic heterocycles. The zero-order chi connectivity index (χ0) is 7.15. The summed E-state index contributed by atoms with van der Waals surface area (Å²) >= 11 is -2.67. The van der Waals surface area contributed by atoms with Gasteiger partial charge in [0.2, 0.25) is 0 Å². The van der Waals surface area contributed by atoms with Gasteiger partial charge in [-0.1, -0.05) is 0 Å². The molecule has 0 aromatic rings. The van der Waals surface area contributed by atoms with Crippen molar-refractivity contribution in [3.8, 4) is 0 Å². The van der Waals surface area contributed by atoms with Gasteiger partial charge in [-0.25, -0.2) is 0 Å². The van der Waals surface area contributed by atoms with Crippen molar-refractivity contribution in [3.63, 3.8) is 0 Å². The van der Waals surface area contributed by atoms with Crippen LogP contribution in [0, 0.1) is 0 Å². The van der Waals surface area contributed by atoms with Crippen LogP contribution in [-0.2, 0) is 22.3 Å². The molecule has 0 aliphatic rings. The summed E-state index contributed by atoms with van der Waals surface area (Å²) in [7, 11) is 29.3. The van der Waals surface area contributed by atoms with Crippen LogP contribution in [0.3, 0.4) is 0 Å². The molecule has 9 heavy (non-hydrogen) atoms. The summed E-state index contributed by atoms with van der Waals surface area (Å²) in [6.45, 7) is 0. The van der Waals surface area contributed by atoms with Crippen LogP contribution in [0.4, 0.5) is 0 Å². The predicted molar refractivity (Wildman–Crippen MR) is 38.7 cm³/mol. The summed E-state index contributed by atoms with van der Waals surface area (Å²) < 4.78 is 0. The first-order valence-electron chi connectivity index (χ1n) is 0.802. The molecule has 0 rings (SSSR count). The standard InChI is InChI=1S/6ClH.2Fe.H2O/h6*1H;;;1H2/q;;;;;;2*+3;/p-6. The van der Waals surface area contributed by atoms with E-state index in [4.69, 9.17) is 60.6 Å². The minimum absolute atomic E-state index is 0. The molecule has 1 nitrogen and oxygen atoms in total. The third-order valence-electron chi connectivity index (χ3n) is 0. The average molecular weight is 342 g/mol. The van der Waals surface area contributed by atoms with E-state index in [2.05, 4.69) is 0 Å². The topological polar surface area (TPSA) is 31.5 Å². The fourth-order valence-electron chi connectivity index (χ4n) is 0. The molecule has 0 bridgehead atoms. The van der Waals surface area contributed by atoms with E-state index in [0.717, 1.165) is 0 Å². The van der Waals surface area contributed by atoms with E-state index in [-0.39, 0.29) is 5.48 Å². The van der Waals surface area contributed by atoms with Gasteiger partial charge >= 0.3 is 82.9 Å². The third kappa shape index (κ3) is 109. The van der Waals surface area contributed by atoms with Gasteiger partial charge < -0.3 is 5.48 Å². The van der Waals surface area contributed by atoms with Crippen molar-refractivity contribution in [2.24, 2.45) is 0 Å². The van der Waals surface area contributed by atoms with Gasteiger partial charge in [-0.2, -0.15) is 0 Å². The van der Waals surface area contributed by atoms with Gasteiger partial charge in [-0.05, 0) is 0 Å². The van der Waals surface area contributed by atoms with E-state index in [1.807, 2.05) is 0 Å². The Labute approximate surface area is 87.3 Å². The second-order valence-electron chi connectivity index (χ2n) is 0.303. The average Bonchev–Trinajstić information content (AvgIpc) is 1.25. The molecule has 0 radical (unpaired) electrons. The molecule has 0 aliphatic heterocycles. The van der Waals surface area contributed by atoms with E-state index >= 15 is 0 Å². The zero-order valence-electron chi connectivity index (χ0n) is 3.47. The van der Waals surface area contributed by atoms with E-state index in [1.165, 1.54) is 0 Å². The molecule has 9 heteroatoms. The van der Waals surface area contributed by atoms with Crippen LogP contribution >= 0.6 is 60.6 Å². The molecule has 0 aromatic carbocycles. The molecule has 0 atom stereocenters. The summed E-state index contributed by atoms with van der Waals surface area (Å²) in [6.07, 6.45) is 0. The monoisotopic (exact) mass is 340 g/mol. The van der Waals surface area contributed by atoms with E-state index < -0.39 is 22.3 Å². The quantitative estimate of drug-likeness (QED) is 0.605. The van der Waals surface area contributed by atoms with Gasteiger partial charge in [0.1, 0.15) is 0 Å². The molecule has 0 saturated heterocycles. The minimum atomic E-state index is -1.33. The van der Waals surface area contributed by atoms with Crippen molar-refractivity contribution in [2.45, 2.75) is 0 Å². The van der Waals surface area contributed by atoms with E-state index in [9.17, 15) is 0 Å². The normalized spacial score (nSPS) is 10.0. The molecule has 0 unspecified atom stereocenters. The number of hydrogen-bond donors (Lipinski definition) is 0. The van der Waals surface area contributed by atoms with Crippen LogP contribution in [0.2, 0.25) is 0 Å². The molecular weight excluding hydrogens is 340 g/mol. The van der Waals surface area contributed by atoms with Crippen molar-refractivity contribution in [1.82, 2.24) is 0 Å². The van der Waals surface area contributed by atoms with Gasteiger partial charge in [0.25, 0.3) is 0 Å². The summed E-state index contributed by atoms with van der Waals surface area (Å²) in [5.41, 5.74) is 0. The molecule has 2 N–H and O–H groups in total. The van der Waals surface area contributed by atoms with Gasteiger partial charge in [0.15, 0.2) is 0 Å². The maximum atomic E-state index is 4.89. The second kappa shape index (κ2) is 13.3. The number of halogens is 6. The Balaban J connectivity index is -0.0000000720. The Morgan fingerprint density at radius 2 is 0.556 bits per heavy atom. The van der Waals surface area contributed by atoms with Gasteiger partial charge in [-0.3, -0.25) is 0 Å². The van der Waals surface area contributed by atoms with Crippen molar-refractivity contribution < 1.29 is 27.8 Å². The Hall–Kier alpha value is 2.74. The zero-order valence-corrected chi connectivity index (χ0v) is 10.2. The molecular formula is H2Cl6Fe2O. The number of hydrogen-bond acceptors (Lipinski definition) is 0. The first kappa shape index (κ1) is 17.7. The third-order valence-corrected chi connectivity index (χ3v) is 0.